The number of ether oxygens (including phenoxy) is 1. The molecule has 5 rings (SSSR count). The fourth-order valence-electron chi connectivity index (χ4n) is 4.26. The number of esters is 1. The highest BCUT2D eigenvalue weighted by Gasteiger charge is 2.29. The molecule has 2 aromatic heterocycles. The number of nitrogens with one attached hydrogen (secondary N) is 1. The molecule has 182 valence electrons. The Balaban J connectivity index is 1.31. The second-order valence-corrected chi connectivity index (χ2v) is 8.55. The topological polar surface area (TPSA) is 118 Å². The molecule has 2 heterocycles. The minimum atomic E-state index is -0.600. The van der Waals surface area contributed by atoms with E-state index in [0.29, 0.717) is 46.8 Å². The highest BCUT2D eigenvalue weighted by molar-refractivity contribution is 6.06. The lowest BCUT2D eigenvalue weighted by Crippen LogP contribution is -2.22. The largest absolute Gasteiger partial charge is 0.453 e. The molecular weight excluding hydrogens is 468 g/mol. The first kappa shape index (κ1) is 23.7. The Labute approximate surface area is 213 Å². The van der Waals surface area contributed by atoms with Gasteiger partial charge in [-0.05, 0) is 67.3 Å². The number of nitrogens with zero attached hydrogens (tertiary/aromatic N) is 3. The first-order valence-electron chi connectivity index (χ1n) is 11.8. The molecule has 2 aromatic carbocycles. The quantitative estimate of drug-likeness (QED) is 0.233. The number of pyridine rings is 1. The maximum Gasteiger partial charge on any atom is 0.379 e. The van der Waals surface area contributed by atoms with Gasteiger partial charge in [0.15, 0.2) is 0 Å². The summed E-state index contributed by atoms with van der Waals surface area (Å²) in [7, 11) is 0. The van der Waals surface area contributed by atoms with Crippen LogP contribution in [0.3, 0.4) is 0 Å². The van der Waals surface area contributed by atoms with Crippen LogP contribution in [-0.4, -0.2) is 22.6 Å². The lowest BCUT2D eigenvalue weighted by Gasteiger charge is -2.13. The highest BCUT2D eigenvalue weighted by Crippen LogP contribution is 2.31. The molecule has 1 amide bonds. The Morgan fingerprint density at radius 3 is 2.46 bits per heavy atom. The molecule has 1 N–H and O–H groups in total. The lowest BCUT2D eigenvalue weighted by molar-refractivity contribution is 0.0698. The van der Waals surface area contributed by atoms with Crippen molar-refractivity contribution in [3.05, 3.63) is 107 Å². The molecule has 0 saturated carbocycles. The third kappa shape index (κ3) is 5.02. The number of fused-ring (bicyclic) bond motifs is 1. The number of carbonyl (C=O) groups is 2. The molecule has 0 bridgehead atoms. The van der Waals surface area contributed by atoms with Gasteiger partial charge < -0.3 is 9.15 Å². The summed E-state index contributed by atoms with van der Waals surface area (Å²) in [6, 6.07) is 19.8. The van der Waals surface area contributed by atoms with Crippen molar-refractivity contribution in [3.63, 3.8) is 0 Å². The maximum atomic E-state index is 13.0. The van der Waals surface area contributed by atoms with Crippen LogP contribution in [0.2, 0.25) is 0 Å². The predicted molar refractivity (Wildman–Crippen MR) is 136 cm³/mol. The van der Waals surface area contributed by atoms with E-state index in [1.165, 1.54) is 6.20 Å². The number of hydrogen-bond acceptors (Lipinski definition) is 7. The summed E-state index contributed by atoms with van der Waals surface area (Å²) in [5.74, 6) is 0.194. The smallest absolute Gasteiger partial charge is 0.379 e. The van der Waals surface area contributed by atoms with E-state index >= 15 is 0 Å². The van der Waals surface area contributed by atoms with Crippen molar-refractivity contribution in [1.82, 2.24) is 10.4 Å². The number of aryl methyl sites for hydroxylation is 1. The minimum Gasteiger partial charge on any atom is -0.453 e. The molecule has 8 nitrogen and oxygen atoms in total. The average Bonchev–Trinajstić information content (AvgIpc) is 3.29. The number of aromatic nitrogens is 1. The Kier molecular flexibility index (Phi) is 6.60. The fourth-order valence-corrected chi connectivity index (χ4v) is 4.26. The number of carbonyl (C=O) groups excluding carboxylic acids is 2. The van der Waals surface area contributed by atoms with Crippen LogP contribution in [0, 0.1) is 18.3 Å². The molecule has 4 aromatic rings. The fraction of sp³-hybridized carbons (Fsp3) is 0.138. The van der Waals surface area contributed by atoms with Gasteiger partial charge in [-0.15, -0.1) is 0 Å². The molecule has 0 radical (unpaired) electrons. The summed E-state index contributed by atoms with van der Waals surface area (Å²) < 4.78 is 11.5. The molecule has 1 aliphatic carbocycles. The molecule has 0 saturated heterocycles. The second kappa shape index (κ2) is 10.3. The predicted octanol–water partition coefficient (Wildman–Crippen LogP) is 5.21. The van der Waals surface area contributed by atoms with Gasteiger partial charge in [0.05, 0.1) is 22.9 Å². The lowest BCUT2D eigenvalue weighted by atomic mass is 9.93. The van der Waals surface area contributed by atoms with Crippen molar-refractivity contribution in [2.75, 3.05) is 0 Å². The number of furan rings is 1. The molecule has 1 aliphatic rings. The number of amides is 1. The maximum absolute atomic E-state index is 13.0. The van der Waals surface area contributed by atoms with Gasteiger partial charge in [-0.25, -0.2) is 10.2 Å². The zero-order valence-electron chi connectivity index (χ0n) is 20.0. The van der Waals surface area contributed by atoms with E-state index in [9.17, 15) is 9.59 Å². The summed E-state index contributed by atoms with van der Waals surface area (Å²) >= 11 is 0. The van der Waals surface area contributed by atoms with Crippen LogP contribution >= 0.6 is 0 Å². The van der Waals surface area contributed by atoms with E-state index in [-0.39, 0.29) is 11.7 Å². The van der Waals surface area contributed by atoms with Gasteiger partial charge in [-0.3, -0.25) is 9.78 Å². The van der Waals surface area contributed by atoms with E-state index in [1.54, 1.807) is 49.5 Å². The Hall–Kier alpha value is -5.03. The summed E-state index contributed by atoms with van der Waals surface area (Å²) in [4.78, 5) is 29.3. The van der Waals surface area contributed by atoms with Crippen molar-refractivity contribution < 1.29 is 18.7 Å². The molecule has 8 heteroatoms. The third-order valence-corrected chi connectivity index (χ3v) is 6.14. The van der Waals surface area contributed by atoms with Crippen molar-refractivity contribution in [1.29, 1.82) is 5.26 Å². The van der Waals surface area contributed by atoms with Crippen LogP contribution in [-0.2, 0) is 6.42 Å². The van der Waals surface area contributed by atoms with E-state index < -0.39 is 5.97 Å². The Morgan fingerprint density at radius 2 is 1.78 bits per heavy atom. The van der Waals surface area contributed by atoms with Crippen molar-refractivity contribution in [3.8, 4) is 22.9 Å². The number of hydrazone groups is 1. The molecule has 0 atom stereocenters. The Bertz CT molecular complexity index is 1530. The van der Waals surface area contributed by atoms with Gasteiger partial charge in [0.25, 0.3) is 5.91 Å². The van der Waals surface area contributed by atoms with E-state index in [4.69, 9.17) is 14.4 Å². The van der Waals surface area contributed by atoms with Gasteiger partial charge in [0.2, 0.25) is 5.76 Å². The molecule has 0 fully saturated rings. The highest BCUT2D eigenvalue weighted by atomic mass is 16.5. The summed E-state index contributed by atoms with van der Waals surface area (Å²) in [6.45, 7) is 1.79. The third-order valence-electron chi connectivity index (χ3n) is 6.14. The summed E-state index contributed by atoms with van der Waals surface area (Å²) in [5.41, 5.74) is 7.48. The van der Waals surface area contributed by atoms with Crippen molar-refractivity contribution in [2.45, 2.75) is 26.2 Å². The molecular formula is C29H22N4O4. The number of hydrogen-bond donors (Lipinski definition) is 1. The standard InChI is InChI=1S/C29H22N4O4/c1-18-26-24(32-33-28(34)22-4-3-15-31-17-22)5-2-6-25(26)37-27(18)29(35)36-23-13-11-21(12-14-23)20-9-7-19(16-30)8-10-20/h3-4,7-15,17H,2,5-6H2,1H3,(H,33,34)/b32-24+. The Morgan fingerprint density at radius 1 is 1.05 bits per heavy atom. The van der Waals surface area contributed by atoms with Gasteiger partial charge in [-0.2, -0.15) is 10.4 Å². The van der Waals surface area contributed by atoms with Gasteiger partial charge in [0, 0.05) is 29.9 Å². The van der Waals surface area contributed by atoms with Crippen LogP contribution in [0.25, 0.3) is 11.1 Å². The van der Waals surface area contributed by atoms with Crippen molar-refractivity contribution >= 4 is 17.6 Å². The first-order chi connectivity index (χ1) is 18.0. The first-order valence-corrected chi connectivity index (χ1v) is 11.8. The van der Waals surface area contributed by atoms with Crippen LogP contribution in [0.15, 0.2) is 82.6 Å². The zero-order chi connectivity index (χ0) is 25.8. The summed E-state index contributed by atoms with van der Waals surface area (Å²) in [6.07, 6.45) is 5.16. The van der Waals surface area contributed by atoms with Crippen LogP contribution in [0.5, 0.6) is 5.75 Å². The number of nitriles is 1. The normalized spacial score (nSPS) is 13.5. The number of benzene rings is 2. The van der Waals surface area contributed by atoms with Crippen molar-refractivity contribution in [2.24, 2.45) is 5.10 Å². The van der Waals surface area contributed by atoms with Crippen LogP contribution < -0.4 is 10.2 Å². The monoisotopic (exact) mass is 490 g/mol. The van der Waals surface area contributed by atoms with E-state index in [2.05, 4.69) is 21.6 Å². The van der Waals surface area contributed by atoms with Gasteiger partial charge in [0.1, 0.15) is 11.5 Å². The molecule has 0 spiro atoms. The summed E-state index contributed by atoms with van der Waals surface area (Å²) in [5, 5.41) is 13.3. The van der Waals surface area contributed by atoms with Gasteiger partial charge >= 0.3 is 5.97 Å². The number of rotatable bonds is 5. The van der Waals surface area contributed by atoms with Crippen LogP contribution in [0.1, 0.15) is 56.2 Å². The van der Waals surface area contributed by atoms with Crippen LogP contribution in [0.4, 0.5) is 0 Å². The second-order valence-electron chi connectivity index (χ2n) is 8.55. The minimum absolute atomic E-state index is 0.120. The molecule has 0 aliphatic heterocycles. The van der Waals surface area contributed by atoms with E-state index in [1.807, 2.05) is 24.3 Å². The van der Waals surface area contributed by atoms with Gasteiger partial charge in [-0.1, -0.05) is 24.3 Å². The molecule has 37 heavy (non-hydrogen) atoms. The van der Waals surface area contributed by atoms with E-state index in [0.717, 1.165) is 23.1 Å². The zero-order valence-corrected chi connectivity index (χ0v) is 20.0. The SMILES string of the molecule is Cc1c(C(=O)Oc2ccc(-c3ccc(C#N)cc3)cc2)oc2c1/C(=N/NC(=O)c1cccnc1)CCC2. The average molecular weight is 491 g/mol. The molecule has 0 unspecified atom stereocenters.